The van der Waals surface area contributed by atoms with Crippen molar-refractivity contribution in [3.8, 4) is 17.2 Å². The number of fused-ring (bicyclic) bond motifs is 1. The van der Waals surface area contributed by atoms with Crippen LogP contribution in [0.2, 0.25) is 0 Å². The Hall–Kier alpha value is -3.71. The molecule has 186 valence electrons. The summed E-state index contributed by atoms with van der Waals surface area (Å²) in [5.74, 6) is 1.39. The van der Waals surface area contributed by atoms with Crippen molar-refractivity contribution in [2.45, 2.75) is 52.6 Å². The van der Waals surface area contributed by atoms with Gasteiger partial charge >= 0.3 is 0 Å². The van der Waals surface area contributed by atoms with E-state index < -0.39 is 0 Å². The van der Waals surface area contributed by atoms with Gasteiger partial charge in [-0.2, -0.15) is 0 Å². The smallest absolute Gasteiger partial charge is 0.257 e. The fourth-order valence-electron chi connectivity index (χ4n) is 3.67. The lowest BCUT2D eigenvalue weighted by Gasteiger charge is -2.14. The number of thiocarbonyl (C=S) groups is 1. The molecular weight excluding hydrogens is 470 g/mol. The van der Waals surface area contributed by atoms with Gasteiger partial charge in [0.2, 0.25) is 5.89 Å². The first kappa shape index (κ1) is 25.4. The first-order valence-electron chi connectivity index (χ1n) is 12.3. The van der Waals surface area contributed by atoms with Crippen molar-refractivity contribution in [3.63, 3.8) is 0 Å². The standard InChI is InChI=1S/C29H31N3O3S/c1-5-18(3)21-12-15-26-25(17-21)31-28(35-26)20-10-13-23(14-11-20)30-29(36)32-27(33)22-8-7-9-24(16-22)34-19(4)6-2/h7-19H,5-6H2,1-4H3,(H2,30,32,33,36)/t18-,19+/m0/s1. The summed E-state index contributed by atoms with van der Waals surface area (Å²) in [6.45, 7) is 8.43. The first-order valence-corrected chi connectivity index (χ1v) is 12.7. The maximum absolute atomic E-state index is 12.6. The van der Waals surface area contributed by atoms with Crippen molar-refractivity contribution in [2.75, 3.05) is 5.32 Å². The van der Waals surface area contributed by atoms with E-state index in [4.69, 9.17) is 21.4 Å². The summed E-state index contributed by atoms with van der Waals surface area (Å²) in [6, 6.07) is 20.8. The van der Waals surface area contributed by atoms with E-state index in [9.17, 15) is 4.79 Å². The minimum atomic E-state index is -0.304. The first-order chi connectivity index (χ1) is 17.4. The molecule has 6 nitrogen and oxygen atoms in total. The van der Waals surface area contributed by atoms with Gasteiger partial charge in [0.1, 0.15) is 11.3 Å². The highest BCUT2D eigenvalue weighted by Crippen LogP contribution is 2.28. The van der Waals surface area contributed by atoms with Crippen LogP contribution in [0, 0.1) is 0 Å². The van der Waals surface area contributed by atoms with Gasteiger partial charge in [0.25, 0.3) is 5.91 Å². The molecule has 0 aliphatic rings. The maximum atomic E-state index is 12.6. The Balaban J connectivity index is 1.39. The van der Waals surface area contributed by atoms with Gasteiger partial charge in [0.15, 0.2) is 10.7 Å². The van der Waals surface area contributed by atoms with E-state index in [0.717, 1.165) is 35.2 Å². The van der Waals surface area contributed by atoms with Crippen LogP contribution in [0.4, 0.5) is 5.69 Å². The molecule has 0 aliphatic carbocycles. The zero-order valence-electron chi connectivity index (χ0n) is 21.0. The highest BCUT2D eigenvalue weighted by Gasteiger charge is 2.13. The Kier molecular flexibility index (Phi) is 8.00. The second-order valence-electron chi connectivity index (χ2n) is 8.91. The Morgan fingerprint density at radius 2 is 1.81 bits per heavy atom. The van der Waals surface area contributed by atoms with Crippen LogP contribution in [-0.4, -0.2) is 22.1 Å². The summed E-state index contributed by atoms with van der Waals surface area (Å²) in [4.78, 5) is 17.3. The van der Waals surface area contributed by atoms with E-state index in [1.807, 2.05) is 43.3 Å². The van der Waals surface area contributed by atoms with Crippen molar-refractivity contribution in [1.82, 2.24) is 10.3 Å². The third-order valence-electron chi connectivity index (χ3n) is 6.22. The molecule has 0 aliphatic heterocycles. The van der Waals surface area contributed by atoms with Gasteiger partial charge in [-0.1, -0.05) is 32.9 Å². The number of hydrogen-bond acceptors (Lipinski definition) is 5. The number of carbonyl (C=O) groups is 1. The molecule has 2 atom stereocenters. The quantitative estimate of drug-likeness (QED) is 0.247. The number of ether oxygens (including phenoxy) is 1. The van der Waals surface area contributed by atoms with Crippen molar-refractivity contribution in [2.24, 2.45) is 0 Å². The third-order valence-corrected chi connectivity index (χ3v) is 6.42. The molecule has 0 saturated carbocycles. The van der Waals surface area contributed by atoms with Crippen LogP contribution >= 0.6 is 12.2 Å². The number of nitrogens with one attached hydrogen (secondary N) is 2. The molecule has 0 spiro atoms. The van der Waals surface area contributed by atoms with Gasteiger partial charge in [-0.15, -0.1) is 0 Å². The van der Waals surface area contributed by atoms with E-state index in [1.165, 1.54) is 5.56 Å². The highest BCUT2D eigenvalue weighted by atomic mass is 32.1. The lowest BCUT2D eigenvalue weighted by Crippen LogP contribution is -2.34. The number of carbonyl (C=O) groups excluding carboxylic acids is 1. The van der Waals surface area contributed by atoms with Crippen molar-refractivity contribution in [3.05, 3.63) is 77.9 Å². The number of anilines is 1. The molecule has 0 radical (unpaired) electrons. The SMILES string of the molecule is CC[C@@H](C)Oc1cccc(C(=O)NC(=S)Nc2ccc(-c3nc4cc([C@@H](C)CC)ccc4o3)cc2)c1. The Labute approximate surface area is 217 Å². The van der Waals surface area contributed by atoms with Crippen LogP contribution in [-0.2, 0) is 0 Å². The zero-order chi connectivity index (χ0) is 25.7. The van der Waals surface area contributed by atoms with Crippen LogP contribution in [0.1, 0.15) is 62.4 Å². The molecule has 0 saturated heterocycles. The molecule has 3 aromatic carbocycles. The van der Waals surface area contributed by atoms with Gasteiger partial charge in [-0.05, 0) is 98.1 Å². The molecule has 4 rings (SSSR count). The molecule has 1 amide bonds. The third kappa shape index (κ3) is 6.10. The Morgan fingerprint density at radius 1 is 1.03 bits per heavy atom. The molecule has 1 aromatic heterocycles. The van der Waals surface area contributed by atoms with E-state index in [1.54, 1.807) is 18.2 Å². The summed E-state index contributed by atoms with van der Waals surface area (Å²) >= 11 is 5.34. The van der Waals surface area contributed by atoms with Crippen LogP contribution in [0.5, 0.6) is 5.75 Å². The number of nitrogens with zero attached hydrogens (tertiary/aromatic N) is 1. The summed E-state index contributed by atoms with van der Waals surface area (Å²) in [6.07, 6.45) is 2.03. The maximum Gasteiger partial charge on any atom is 0.257 e. The van der Waals surface area contributed by atoms with Crippen LogP contribution in [0.25, 0.3) is 22.6 Å². The van der Waals surface area contributed by atoms with Crippen molar-refractivity contribution >= 4 is 40.0 Å². The largest absolute Gasteiger partial charge is 0.491 e. The second-order valence-corrected chi connectivity index (χ2v) is 9.31. The molecule has 0 unspecified atom stereocenters. The number of benzene rings is 3. The number of amides is 1. The van der Waals surface area contributed by atoms with Crippen LogP contribution < -0.4 is 15.4 Å². The topological polar surface area (TPSA) is 76.4 Å². The predicted molar refractivity (Wildman–Crippen MR) is 149 cm³/mol. The molecule has 4 aromatic rings. The highest BCUT2D eigenvalue weighted by molar-refractivity contribution is 7.80. The van der Waals surface area contributed by atoms with E-state index in [2.05, 4.69) is 48.5 Å². The number of oxazole rings is 1. The zero-order valence-corrected chi connectivity index (χ0v) is 21.8. The monoisotopic (exact) mass is 501 g/mol. The molecular formula is C29H31N3O3S. The fourth-order valence-corrected chi connectivity index (χ4v) is 3.88. The summed E-state index contributed by atoms with van der Waals surface area (Å²) in [5.41, 5.74) is 4.95. The average Bonchev–Trinajstić information content (AvgIpc) is 3.32. The summed E-state index contributed by atoms with van der Waals surface area (Å²) in [5, 5.41) is 5.97. The average molecular weight is 502 g/mol. The minimum absolute atomic E-state index is 0.0750. The van der Waals surface area contributed by atoms with Crippen LogP contribution in [0.3, 0.4) is 0 Å². The summed E-state index contributed by atoms with van der Waals surface area (Å²) in [7, 11) is 0. The normalized spacial score (nSPS) is 12.7. The molecule has 2 N–H and O–H groups in total. The Bertz CT molecular complexity index is 1360. The van der Waals surface area contributed by atoms with Gasteiger partial charge in [0, 0.05) is 16.8 Å². The Morgan fingerprint density at radius 3 is 2.53 bits per heavy atom. The van der Waals surface area contributed by atoms with E-state index >= 15 is 0 Å². The predicted octanol–water partition coefficient (Wildman–Crippen LogP) is 7.31. The molecule has 7 heteroatoms. The van der Waals surface area contributed by atoms with Crippen LogP contribution in [0.15, 0.2) is 71.1 Å². The van der Waals surface area contributed by atoms with Gasteiger partial charge < -0.3 is 14.5 Å². The van der Waals surface area contributed by atoms with Gasteiger partial charge in [-0.3, -0.25) is 10.1 Å². The lowest BCUT2D eigenvalue weighted by molar-refractivity contribution is 0.0977. The number of aromatic nitrogens is 1. The summed E-state index contributed by atoms with van der Waals surface area (Å²) < 4.78 is 11.8. The van der Waals surface area contributed by atoms with E-state index in [-0.39, 0.29) is 17.1 Å². The fraction of sp³-hybridized carbons (Fsp3) is 0.276. The number of rotatable bonds is 8. The lowest BCUT2D eigenvalue weighted by atomic mass is 9.98. The molecule has 0 bridgehead atoms. The minimum Gasteiger partial charge on any atom is -0.491 e. The van der Waals surface area contributed by atoms with Gasteiger partial charge in [0.05, 0.1) is 6.10 Å². The molecule has 0 fully saturated rings. The number of hydrogen-bond donors (Lipinski definition) is 2. The van der Waals surface area contributed by atoms with Gasteiger partial charge in [-0.25, -0.2) is 4.98 Å². The van der Waals surface area contributed by atoms with Crippen molar-refractivity contribution in [1.29, 1.82) is 0 Å². The van der Waals surface area contributed by atoms with E-state index in [0.29, 0.717) is 23.1 Å². The molecule has 36 heavy (non-hydrogen) atoms. The molecule has 1 heterocycles. The second kappa shape index (κ2) is 11.4. The van der Waals surface area contributed by atoms with Crippen molar-refractivity contribution < 1.29 is 13.9 Å².